The molecule has 1 aromatic carbocycles. The van der Waals surface area contributed by atoms with Gasteiger partial charge in [-0.3, -0.25) is 20.4 Å². The zero-order valence-electron chi connectivity index (χ0n) is 13.4. The Labute approximate surface area is 140 Å². The molecule has 1 aromatic rings. The molecule has 5 nitrogen and oxygen atoms in total. The summed E-state index contributed by atoms with van der Waals surface area (Å²) >= 11 is 0. The second kappa shape index (κ2) is 5.58. The molecule has 0 saturated heterocycles. The van der Waals surface area contributed by atoms with E-state index < -0.39 is 0 Å². The summed E-state index contributed by atoms with van der Waals surface area (Å²) in [4.78, 5) is 36.2. The molecule has 2 saturated carbocycles. The first-order valence-electron chi connectivity index (χ1n) is 8.40. The fourth-order valence-corrected chi connectivity index (χ4v) is 4.46. The number of aldehydes is 1. The lowest BCUT2D eigenvalue weighted by atomic mass is 9.62. The number of carbonyl (C=O) groups is 3. The maximum atomic E-state index is 12.6. The highest BCUT2D eigenvalue weighted by molar-refractivity contribution is 5.96. The maximum absolute atomic E-state index is 12.6. The Bertz CT molecular complexity index is 725. The SMILES string of the molecule is Cc1ccc(C(=O)NNC(=O)[C@@H]2C3C=CC([C@@H]2C=O)[C@@H]2C[C@H]32)cc1. The van der Waals surface area contributed by atoms with Gasteiger partial charge in [0.1, 0.15) is 6.29 Å². The lowest BCUT2D eigenvalue weighted by molar-refractivity contribution is -0.135. The Morgan fingerprint density at radius 1 is 1.04 bits per heavy atom. The molecule has 5 rings (SSSR count). The van der Waals surface area contributed by atoms with E-state index in [0.717, 1.165) is 18.3 Å². The van der Waals surface area contributed by atoms with Crippen LogP contribution in [0.3, 0.4) is 0 Å². The maximum Gasteiger partial charge on any atom is 0.269 e. The first-order valence-corrected chi connectivity index (χ1v) is 8.40. The number of carbonyl (C=O) groups excluding carboxylic acids is 3. The average molecular weight is 324 g/mol. The van der Waals surface area contributed by atoms with Crippen molar-refractivity contribution in [1.82, 2.24) is 10.9 Å². The van der Waals surface area contributed by atoms with Gasteiger partial charge in [-0.05, 0) is 49.1 Å². The molecule has 6 atom stereocenters. The first kappa shape index (κ1) is 15.1. The van der Waals surface area contributed by atoms with Gasteiger partial charge in [-0.1, -0.05) is 29.8 Å². The molecule has 0 aliphatic heterocycles. The van der Waals surface area contributed by atoms with Gasteiger partial charge in [-0.15, -0.1) is 0 Å². The summed E-state index contributed by atoms with van der Waals surface area (Å²) in [6, 6.07) is 7.12. The molecule has 2 fully saturated rings. The molecule has 5 heteroatoms. The van der Waals surface area contributed by atoms with Crippen molar-refractivity contribution in [2.45, 2.75) is 13.3 Å². The van der Waals surface area contributed by atoms with Crippen molar-refractivity contribution in [1.29, 1.82) is 0 Å². The monoisotopic (exact) mass is 324 g/mol. The highest BCUT2D eigenvalue weighted by Gasteiger charge is 2.61. The van der Waals surface area contributed by atoms with Crippen molar-refractivity contribution in [2.75, 3.05) is 0 Å². The van der Waals surface area contributed by atoms with Gasteiger partial charge in [0.2, 0.25) is 5.91 Å². The quantitative estimate of drug-likeness (QED) is 0.504. The van der Waals surface area contributed by atoms with Crippen LogP contribution in [0.25, 0.3) is 0 Å². The largest absolute Gasteiger partial charge is 0.303 e. The van der Waals surface area contributed by atoms with Crippen molar-refractivity contribution in [3.05, 3.63) is 47.5 Å². The van der Waals surface area contributed by atoms with Gasteiger partial charge in [-0.2, -0.15) is 0 Å². The van der Waals surface area contributed by atoms with E-state index in [1.165, 1.54) is 0 Å². The van der Waals surface area contributed by atoms with E-state index in [-0.39, 0.29) is 35.5 Å². The summed E-state index contributed by atoms with van der Waals surface area (Å²) in [7, 11) is 0. The van der Waals surface area contributed by atoms with Crippen LogP contribution in [0.1, 0.15) is 22.3 Å². The predicted molar refractivity (Wildman–Crippen MR) is 87.5 cm³/mol. The number of aryl methyl sites for hydroxylation is 1. The summed E-state index contributed by atoms with van der Waals surface area (Å²) in [5.41, 5.74) is 6.54. The van der Waals surface area contributed by atoms with E-state index >= 15 is 0 Å². The Kier molecular flexibility index (Phi) is 3.52. The minimum atomic E-state index is -0.375. The van der Waals surface area contributed by atoms with Crippen LogP contribution in [0.5, 0.6) is 0 Å². The molecule has 2 N–H and O–H groups in total. The van der Waals surface area contributed by atoms with E-state index in [4.69, 9.17) is 0 Å². The van der Waals surface area contributed by atoms with Crippen LogP contribution in [0.2, 0.25) is 0 Å². The van der Waals surface area contributed by atoms with Gasteiger partial charge < -0.3 is 4.79 Å². The Hall–Kier alpha value is -2.43. The molecule has 2 amide bonds. The Morgan fingerprint density at radius 3 is 2.42 bits per heavy atom. The lowest BCUT2D eigenvalue weighted by Gasteiger charge is -2.41. The van der Waals surface area contributed by atoms with Crippen molar-refractivity contribution < 1.29 is 14.4 Å². The lowest BCUT2D eigenvalue weighted by Crippen LogP contribution is -2.52. The molecule has 4 aliphatic carbocycles. The number of benzene rings is 1. The molecule has 2 unspecified atom stereocenters. The van der Waals surface area contributed by atoms with Crippen molar-refractivity contribution in [2.24, 2.45) is 35.5 Å². The molecular formula is C19H20N2O3. The Balaban J connectivity index is 1.43. The molecule has 0 aromatic heterocycles. The average Bonchev–Trinajstić information content (AvgIpc) is 3.41. The topological polar surface area (TPSA) is 75.3 Å². The summed E-state index contributed by atoms with van der Waals surface area (Å²) in [6.07, 6.45) is 6.21. The van der Waals surface area contributed by atoms with Crippen LogP contribution in [0.4, 0.5) is 0 Å². The van der Waals surface area contributed by atoms with Gasteiger partial charge in [-0.25, -0.2) is 0 Å². The number of hydrogen-bond acceptors (Lipinski definition) is 3. The third-order valence-electron chi connectivity index (χ3n) is 5.78. The van der Waals surface area contributed by atoms with Crippen LogP contribution in [-0.2, 0) is 9.59 Å². The molecule has 2 bridgehead atoms. The zero-order valence-corrected chi connectivity index (χ0v) is 13.4. The van der Waals surface area contributed by atoms with Crippen LogP contribution in [0, 0.1) is 42.4 Å². The standard InChI is InChI=1S/C19H20N2O3/c1-10-2-4-11(5-3-10)18(23)20-21-19(24)17-13-7-6-12(16(17)9-22)14-8-15(13)14/h2-7,9,12-17H,8H2,1H3,(H,20,23)(H,21,24)/t12?,13?,14-,15+,16-,17+/m0/s1. The fourth-order valence-electron chi connectivity index (χ4n) is 4.46. The highest BCUT2D eigenvalue weighted by Crippen LogP contribution is 2.63. The summed E-state index contributed by atoms with van der Waals surface area (Å²) in [6.45, 7) is 1.94. The molecule has 0 spiro atoms. The molecule has 0 radical (unpaired) electrons. The van der Waals surface area contributed by atoms with Crippen molar-refractivity contribution in [3.8, 4) is 0 Å². The normalized spacial score (nSPS) is 35.0. The van der Waals surface area contributed by atoms with Crippen LogP contribution >= 0.6 is 0 Å². The minimum Gasteiger partial charge on any atom is -0.303 e. The van der Waals surface area contributed by atoms with Crippen LogP contribution in [0.15, 0.2) is 36.4 Å². The van der Waals surface area contributed by atoms with Crippen molar-refractivity contribution >= 4 is 18.1 Å². The van der Waals surface area contributed by atoms with E-state index in [1.54, 1.807) is 12.1 Å². The number of hydrogen-bond donors (Lipinski definition) is 2. The second-order valence-electron chi connectivity index (χ2n) is 7.15. The fraction of sp³-hybridized carbons (Fsp3) is 0.421. The zero-order chi connectivity index (χ0) is 16.8. The van der Waals surface area contributed by atoms with Gasteiger partial charge >= 0.3 is 0 Å². The number of allylic oxidation sites excluding steroid dienone is 2. The molecular weight excluding hydrogens is 304 g/mol. The minimum absolute atomic E-state index is 0.117. The number of fused-ring (bicyclic) bond motifs is 1. The molecule has 0 heterocycles. The van der Waals surface area contributed by atoms with Gasteiger partial charge in [0, 0.05) is 11.5 Å². The van der Waals surface area contributed by atoms with Crippen LogP contribution < -0.4 is 10.9 Å². The van der Waals surface area contributed by atoms with E-state index in [9.17, 15) is 14.4 Å². The van der Waals surface area contributed by atoms with Crippen LogP contribution in [-0.4, -0.2) is 18.1 Å². The first-order chi connectivity index (χ1) is 11.6. The molecule has 4 aliphatic rings. The molecule has 24 heavy (non-hydrogen) atoms. The van der Waals surface area contributed by atoms with E-state index in [1.807, 2.05) is 19.1 Å². The number of amides is 2. The van der Waals surface area contributed by atoms with Gasteiger partial charge in [0.25, 0.3) is 5.91 Å². The summed E-state index contributed by atoms with van der Waals surface area (Å²) in [5, 5.41) is 0. The third-order valence-corrected chi connectivity index (χ3v) is 5.78. The van der Waals surface area contributed by atoms with E-state index in [0.29, 0.717) is 17.4 Å². The highest BCUT2D eigenvalue weighted by atomic mass is 16.2. The third kappa shape index (κ3) is 2.35. The van der Waals surface area contributed by atoms with Gasteiger partial charge in [0.05, 0.1) is 5.92 Å². The second-order valence-corrected chi connectivity index (χ2v) is 7.15. The van der Waals surface area contributed by atoms with Gasteiger partial charge in [0.15, 0.2) is 0 Å². The number of rotatable bonds is 3. The predicted octanol–water partition coefficient (Wildman–Crippen LogP) is 1.64. The number of hydrazine groups is 1. The molecule has 124 valence electrons. The summed E-state index contributed by atoms with van der Waals surface area (Å²) in [5.74, 6) is 0.123. The van der Waals surface area contributed by atoms with Crippen molar-refractivity contribution in [3.63, 3.8) is 0 Å². The van der Waals surface area contributed by atoms with E-state index in [2.05, 4.69) is 23.0 Å². The number of nitrogens with one attached hydrogen (secondary N) is 2. The Morgan fingerprint density at radius 2 is 1.71 bits per heavy atom. The summed E-state index contributed by atoms with van der Waals surface area (Å²) < 4.78 is 0. The smallest absolute Gasteiger partial charge is 0.269 e.